The standard InChI is InChI=1S/C21H28N4O2S/c1-5-27-12-8-11-25-17-10-7-6-9-16(17)23-20(25)24-18(26)13-15-14-28-19(22-15)21(2,3)4/h6-7,9-10,14H,5,8,11-13H2,1-4H3,(H,23,24,26). The number of aryl methyl sites for hydroxylation is 1. The highest BCUT2D eigenvalue weighted by Gasteiger charge is 2.19. The van der Waals surface area contributed by atoms with E-state index in [2.05, 4.69) is 36.1 Å². The highest BCUT2D eigenvalue weighted by Crippen LogP contribution is 2.26. The molecule has 3 aromatic rings. The van der Waals surface area contributed by atoms with Crippen LogP contribution in [0.15, 0.2) is 29.6 Å². The van der Waals surface area contributed by atoms with Crippen molar-refractivity contribution in [2.75, 3.05) is 18.5 Å². The average molecular weight is 401 g/mol. The number of hydrogen-bond acceptors (Lipinski definition) is 5. The van der Waals surface area contributed by atoms with E-state index in [9.17, 15) is 4.79 Å². The maximum Gasteiger partial charge on any atom is 0.232 e. The molecule has 0 saturated heterocycles. The van der Waals surface area contributed by atoms with Crippen molar-refractivity contribution in [2.24, 2.45) is 0 Å². The zero-order chi connectivity index (χ0) is 20.1. The number of fused-ring (bicyclic) bond motifs is 1. The molecule has 0 radical (unpaired) electrons. The van der Waals surface area contributed by atoms with Crippen molar-refractivity contribution < 1.29 is 9.53 Å². The molecular weight excluding hydrogens is 372 g/mol. The first kappa shape index (κ1) is 20.5. The minimum atomic E-state index is -0.105. The summed E-state index contributed by atoms with van der Waals surface area (Å²) in [6, 6.07) is 7.92. The van der Waals surface area contributed by atoms with Gasteiger partial charge in [-0.3, -0.25) is 10.1 Å². The van der Waals surface area contributed by atoms with Gasteiger partial charge in [-0.2, -0.15) is 0 Å². The summed E-state index contributed by atoms with van der Waals surface area (Å²) in [5.41, 5.74) is 2.68. The first-order chi connectivity index (χ1) is 13.4. The van der Waals surface area contributed by atoms with Gasteiger partial charge in [-0.15, -0.1) is 11.3 Å². The molecule has 0 aliphatic rings. The maximum atomic E-state index is 12.6. The number of ether oxygens (including phenoxy) is 1. The van der Waals surface area contributed by atoms with Crippen LogP contribution in [0.4, 0.5) is 5.95 Å². The molecule has 1 aromatic carbocycles. The zero-order valence-electron chi connectivity index (χ0n) is 17.0. The number of thiazole rings is 1. The predicted octanol–water partition coefficient (Wildman–Crippen LogP) is 4.40. The van der Waals surface area contributed by atoms with Crippen LogP contribution in [0.1, 0.15) is 44.8 Å². The largest absolute Gasteiger partial charge is 0.382 e. The van der Waals surface area contributed by atoms with E-state index in [1.807, 2.05) is 41.1 Å². The second kappa shape index (κ2) is 8.84. The summed E-state index contributed by atoms with van der Waals surface area (Å²) in [6.45, 7) is 10.5. The number of imidazole rings is 1. The summed E-state index contributed by atoms with van der Waals surface area (Å²) < 4.78 is 7.49. The number of carbonyl (C=O) groups excluding carboxylic acids is 1. The van der Waals surface area contributed by atoms with Gasteiger partial charge in [-0.1, -0.05) is 32.9 Å². The Morgan fingerprint density at radius 2 is 2.04 bits per heavy atom. The molecule has 1 amide bonds. The van der Waals surface area contributed by atoms with Gasteiger partial charge in [0.2, 0.25) is 11.9 Å². The van der Waals surface area contributed by atoms with Crippen LogP contribution in [0.3, 0.4) is 0 Å². The molecule has 150 valence electrons. The summed E-state index contributed by atoms with van der Waals surface area (Å²) in [7, 11) is 0. The molecular formula is C21H28N4O2S. The second-order valence-electron chi connectivity index (χ2n) is 7.75. The van der Waals surface area contributed by atoms with Crippen molar-refractivity contribution in [3.8, 4) is 0 Å². The Balaban J connectivity index is 1.73. The Morgan fingerprint density at radius 1 is 1.25 bits per heavy atom. The molecule has 3 rings (SSSR count). The summed E-state index contributed by atoms with van der Waals surface area (Å²) in [6.07, 6.45) is 1.10. The third-order valence-corrected chi connectivity index (χ3v) is 5.63. The molecule has 0 fully saturated rings. The average Bonchev–Trinajstić information content (AvgIpc) is 3.23. The molecule has 6 nitrogen and oxygen atoms in total. The second-order valence-corrected chi connectivity index (χ2v) is 8.60. The lowest BCUT2D eigenvalue weighted by molar-refractivity contribution is -0.115. The van der Waals surface area contributed by atoms with E-state index < -0.39 is 0 Å². The van der Waals surface area contributed by atoms with Crippen LogP contribution in [0.5, 0.6) is 0 Å². The number of amides is 1. The number of carbonyl (C=O) groups is 1. The van der Waals surface area contributed by atoms with Crippen molar-refractivity contribution in [1.82, 2.24) is 14.5 Å². The molecule has 0 atom stereocenters. The molecule has 0 aliphatic heterocycles. The first-order valence-corrected chi connectivity index (χ1v) is 10.5. The van der Waals surface area contributed by atoms with Gasteiger partial charge >= 0.3 is 0 Å². The number of nitrogens with one attached hydrogen (secondary N) is 1. The maximum absolute atomic E-state index is 12.6. The van der Waals surface area contributed by atoms with Gasteiger partial charge in [0.15, 0.2) is 0 Å². The smallest absolute Gasteiger partial charge is 0.232 e. The van der Waals surface area contributed by atoms with E-state index in [0.29, 0.717) is 19.2 Å². The van der Waals surface area contributed by atoms with Crippen molar-refractivity contribution in [3.05, 3.63) is 40.3 Å². The fraction of sp³-hybridized carbons (Fsp3) is 0.476. The van der Waals surface area contributed by atoms with Crippen LogP contribution in [-0.4, -0.2) is 33.7 Å². The Labute approximate surface area is 170 Å². The highest BCUT2D eigenvalue weighted by atomic mass is 32.1. The number of benzene rings is 1. The van der Waals surface area contributed by atoms with Crippen LogP contribution in [0, 0.1) is 0 Å². The van der Waals surface area contributed by atoms with Crippen LogP contribution >= 0.6 is 11.3 Å². The predicted molar refractivity (Wildman–Crippen MR) is 114 cm³/mol. The Hall–Kier alpha value is -2.25. The van der Waals surface area contributed by atoms with Gasteiger partial charge in [-0.05, 0) is 25.5 Å². The molecule has 28 heavy (non-hydrogen) atoms. The molecule has 0 spiro atoms. The molecule has 0 aliphatic carbocycles. The number of rotatable bonds is 8. The molecule has 0 saturated carbocycles. The lowest BCUT2D eigenvalue weighted by atomic mass is 9.98. The molecule has 2 heterocycles. The van der Waals surface area contributed by atoms with Gasteiger partial charge in [0.05, 0.1) is 28.2 Å². The Bertz CT molecular complexity index is 939. The minimum absolute atomic E-state index is 0.00602. The number of hydrogen-bond donors (Lipinski definition) is 1. The topological polar surface area (TPSA) is 69.0 Å². The van der Waals surface area contributed by atoms with Crippen LogP contribution in [0.2, 0.25) is 0 Å². The van der Waals surface area contributed by atoms with Crippen LogP contribution in [0.25, 0.3) is 11.0 Å². The van der Waals surface area contributed by atoms with Gasteiger partial charge in [0.25, 0.3) is 0 Å². The Morgan fingerprint density at radius 3 is 2.75 bits per heavy atom. The third kappa shape index (κ3) is 4.97. The fourth-order valence-corrected chi connectivity index (χ4v) is 3.84. The van der Waals surface area contributed by atoms with Crippen molar-refractivity contribution >= 4 is 34.2 Å². The van der Waals surface area contributed by atoms with Crippen molar-refractivity contribution in [3.63, 3.8) is 0 Å². The number of aromatic nitrogens is 3. The van der Waals surface area contributed by atoms with Gasteiger partial charge in [-0.25, -0.2) is 9.97 Å². The monoisotopic (exact) mass is 400 g/mol. The van der Waals surface area contributed by atoms with Gasteiger partial charge in [0, 0.05) is 30.6 Å². The van der Waals surface area contributed by atoms with E-state index in [0.717, 1.165) is 34.7 Å². The number of nitrogens with zero attached hydrogens (tertiary/aromatic N) is 3. The van der Waals surface area contributed by atoms with E-state index in [1.54, 1.807) is 11.3 Å². The highest BCUT2D eigenvalue weighted by molar-refractivity contribution is 7.09. The van der Waals surface area contributed by atoms with Crippen LogP contribution in [-0.2, 0) is 27.9 Å². The molecule has 7 heteroatoms. The summed E-state index contributed by atoms with van der Waals surface area (Å²) in [5.74, 6) is 0.473. The van der Waals surface area contributed by atoms with Gasteiger partial charge < -0.3 is 9.30 Å². The van der Waals surface area contributed by atoms with Crippen molar-refractivity contribution in [2.45, 2.75) is 52.5 Å². The zero-order valence-corrected chi connectivity index (χ0v) is 17.8. The van der Waals surface area contributed by atoms with Crippen LogP contribution < -0.4 is 5.32 Å². The van der Waals surface area contributed by atoms with E-state index in [4.69, 9.17) is 4.74 Å². The van der Waals surface area contributed by atoms with Gasteiger partial charge in [0.1, 0.15) is 0 Å². The first-order valence-electron chi connectivity index (χ1n) is 9.66. The lowest BCUT2D eigenvalue weighted by Gasteiger charge is -2.13. The Kier molecular flexibility index (Phi) is 6.46. The van der Waals surface area contributed by atoms with E-state index in [-0.39, 0.29) is 17.7 Å². The summed E-state index contributed by atoms with van der Waals surface area (Å²) >= 11 is 1.60. The minimum Gasteiger partial charge on any atom is -0.382 e. The normalized spacial score (nSPS) is 11.9. The number of anilines is 1. The van der Waals surface area contributed by atoms with Crippen molar-refractivity contribution in [1.29, 1.82) is 0 Å². The molecule has 2 aromatic heterocycles. The quantitative estimate of drug-likeness (QED) is 0.569. The molecule has 1 N–H and O–H groups in total. The van der Waals surface area contributed by atoms with E-state index in [1.165, 1.54) is 0 Å². The number of para-hydroxylation sites is 2. The third-order valence-electron chi connectivity index (χ3n) is 4.32. The fourth-order valence-electron chi connectivity index (χ4n) is 2.93. The lowest BCUT2D eigenvalue weighted by Crippen LogP contribution is -2.19. The summed E-state index contributed by atoms with van der Waals surface area (Å²) in [4.78, 5) is 21.8. The molecule has 0 unspecified atom stereocenters. The van der Waals surface area contributed by atoms with E-state index >= 15 is 0 Å². The summed E-state index contributed by atoms with van der Waals surface area (Å²) in [5, 5.41) is 5.98. The molecule has 0 bridgehead atoms. The SMILES string of the molecule is CCOCCCn1c(NC(=O)Cc2csc(C(C)(C)C)n2)nc2ccccc21.